The molecule has 0 spiro atoms. The van der Waals surface area contributed by atoms with Crippen molar-refractivity contribution in [2.24, 2.45) is 0 Å². The number of benzene rings is 1. The first-order chi connectivity index (χ1) is 10.6. The van der Waals surface area contributed by atoms with Crippen molar-refractivity contribution >= 4 is 27.5 Å². The molecule has 0 saturated carbocycles. The van der Waals surface area contributed by atoms with Gasteiger partial charge in [-0.3, -0.25) is 4.79 Å². The number of nitrogens with zero attached hydrogens (tertiary/aromatic N) is 1. The van der Waals surface area contributed by atoms with E-state index in [1.807, 2.05) is 17.0 Å². The molecule has 0 fully saturated rings. The fraction of sp³-hybridized carbons (Fsp3) is 0.389. The van der Waals surface area contributed by atoms with Crippen LogP contribution in [0.15, 0.2) is 46.6 Å². The molecular weight excluding hydrogens is 340 g/mol. The number of nitrogens with one attached hydrogen (secondary N) is 1. The van der Waals surface area contributed by atoms with Crippen molar-refractivity contribution in [1.29, 1.82) is 0 Å². The summed E-state index contributed by atoms with van der Waals surface area (Å²) in [7, 11) is 0. The van der Waals surface area contributed by atoms with Gasteiger partial charge in [0.1, 0.15) is 0 Å². The van der Waals surface area contributed by atoms with E-state index in [9.17, 15) is 4.79 Å². The van der Waals surface area contributed by atoms with Crippen LogP contribution < -0.4 is 10.2 Å². The normalized spacial score (nSPS) is 23.8. The van der Waals surface area contributed by atoms with Gasteiger partial charge in [0, 0.05) is 28.8 Å². The second-order valence-electron chi connectivity index (χ2n) is 6.01. The van der Waals surface area contributed by atoms with Crippen molar-refractivity contribution in [2.45, 2.75) is 45.2 Å². The van der Waals surface area contributed by atoms with Crippen LogP contribution in [0, 0.1) is 0 Å². The van der Waals surface area contributed by atoms with Gasteiger partial charge in [0.15, 0.2) is 0 Å². The molecule has 3 rings (SSSR count). The number of hydrogen-bond acceptors (Lipinski definition) is 2. The zero-order valence-corrected chi connectivity index (χ0v) is 14.6. The SMILES string of the molecule is CC(=O)N1c2ccc(Br)cc2[C@@H](NC2=CCCC=C2)C[C@H]1C. The average molecular weight is 361 g/mol. The molecule has 1 aromatic carbocycles. The van der Waals surface area contributed by atoms with Crippen LogP contribution in [0.1, 0.15) is 44.7 Å². The lowest BCUT2D eigenvalue weighted by Gasteiger charge is -2.40. The molecule has 0 radical (unpaired) electrons. The number of allylic oxidation sites excluding steroid dienone is 3. The third-order valence-electron chi connectivity index (χ3n) is 4.32. The highest BCUT2D eigenvalue weighted by Gasteiger charge is 2.32. The Morgan fingerprint density at radius 3 is 2.86 bits per heavy atom. The molecule has 3 nitrogen and oxygen atoms in total. The Kier molecular flexibility index (Phi) is 4.39. The monoisotopic (exact) mass is 360 g/mol. The number of rotatable bonds is 2. The number of hydrogen-bond donors (Lipinski definition) is 1. The molecule has 1 heterocycles. The lowest BCUT2D eigenvalue weighted by atomic mass is 9.91. The summed E-state index contributed by atoms with van der Waals surface area (Å²) in [6.45, 7) is 3.76. The molecule has 22 heavy (non-hydrogen) atoms. The van der Waals surface area contributed by atoms with Crippen molar-refractivity contribution in [3.63, 3.8) is 0 Å². The van der Waals surface area contributed by atoms with Crippen LogP contribution in [-0.2, 0) is 4.79 Å². The molecule has 0 unspecified atom stereocenters. The zero-order chi connectivity index (χ0) is 15.7. The minimum Gasteiger partial charge on any atom is -0.378 e. The summed E-state index contributed by atoms with van der Waals surface area (Å²) in [6.07, 6.45) is 9.73. The van der Waals surface area contributed by atoms with Gasteiger partial charge in [-0.25, -0.2) is 0 Å². The van der Waals surface area contributed by atoms with Gasteiger partial charge in [0.2, 0.25) is 5.91 Å². The fourth-order valence-corrected chi connectivity index (χ4v) is 3.75. The van der Waals surface area contributed by atoms with Crippen molar-refractivity contribution in [3.8, 4) is 0 Å². The largest absolute Gasteiger partial charge is 0.378 e. The van der Waals surface area contributed by atoms with Gasteiger partial charge >= 0.3 is 0 Å². The minimum atomic E-state index is 0.103. The first-order valence-electron chi connectivity index (χ1n) is 7.78. The molecule has 1 aliphatic heterocycles. The Morgan fingerprint density at radius 1 is 1.36 bits per heavy atom. The lowest BCUT2D eigenvalue weighted by molar-refractivity contribution is -0.117. The Morgan fingerprint density at radius 2 is 2.18 bits per heavy atom. The molecule has 1 aromatic rings. The predicted molar refractivity (Wildman–Crippen MR) is 93.7 cm³/mol. The molecule has 116 valence electrons. The molecule has 1 aliphatic carbocycles. The molecule has 2 atom stereocenters. The maximum Gasteiger partial charge on any atom is 0.224 e. The first kappa shape index (κ1) is 15.3. The van der Waals surface area contributed by atoms with E-state index >= 15 is 0 Å². The average Bonchev–Trinajstić information content (AvgIpc) is 2.48. The Bertz CT molecular complexity index is 650. The number of amides is 1. The van der Waals surface area contributed by atoms with Gasteiger partial charge < -0.3 is 10.2 Å². The van der Waals surface area contributed by atoms with Gasteiger partial charge in [-0.2, -0.15) is 0 Å². The Labute approximate surface area is 140 Å². The van der Waals surface area contributed by atoms with Crippen LogP contribution in [-0.4, -0.2) is 11.9 Å². The molecule has 1 N–H and O–H groups in total. The molecule has 0 aromatic heterocycles. The third-order valence-corrected chi connectivity index (χ3v) is 4.81. The van der Waals surface area contributed by atoms with Crippen molar-refractivity contribution in [3.05, 3.63) is 52.2 Å². The predicted octanol–water partition coefficient (Wildman–Crippen LogP) is 4.46. The van der Waals surface area contributed by atoms with E-state index in [0.29, 0.717) is 0 Å². The number of anilines is 1. The van der Waals surface area contributed by atoms with Gasteiger partial charge in [-0.05, 0) is 56.0 Å². The standard InChI is InChI=1S/C18H21BrN2O/c1-12-10-17(20-15-6-4-3-5-7-15)16-11-14(19)8-9-18(16)21(12)13(2)22/h4,6-9,11-12,17,20H,3,5,10H2,1-2H3/t12-,17+/m1/s1. The highest BCUT2D eigenvalue weighted by molar-refractivity contribution is 9.10. The second kappa shape index (κ2) is 6.29. The summed E-state index contributed by atoms with van der Waals surface area (Å²) in [5.41, 5.74) is 3.39. The minimum absolute atomic E-state index is 0.103. The highest BCUT2D eigenvalue weighted by Crippen LogP contribution is 2.39. The number of halogens is 1. The Hall–Kier alpha value is -1.55. The van der Waals surface area contributed by atoms with Crippen LogP contribution >= 0.6 is 15.9 Å². The van der Waals surface area contributed by atoms with E-state index in [-0.39, 0.29) is 18.0 Å². The molecule has 4 heteroatoms. The quantitative estimate of drug-likeness (QED) is 0.844. The fourth-order valence-electron chi connectivity index (χ4n) is 3.37. The number of carbonyl (C=O) groups excluding carboxylic acids is 1. The number of carbonyl (C=O) groups is 1. The lowest BCUT2D eigenvalue weighted by Crippen LogP contribution is -2.44. The van der Waals surface area contributed by atoms with E-state index in [1.54, 1.807) is 6.92 Å². The van der Waals surface area contributed by atoms with Crippen LogP contribution in [0.3, 0.4) is 0 Å². The van der Waals surface area contributed by atoms with E-state index in [4.69, 9.17) is 0 Å². The van der Waals surface area contributed by atoms with Gasteiger partial charge in [-0.1, -0.05) is 28.1 Å². The maximum absolute atomic E-state index is 12.0. The van der Waals surface area contributed by atoms with E-state index in [1.165, 1.54) is 11.3 Å². The molecule has 2 aliphatic rings. The topological polar surface area (TPSA) is 32.3 Å². The maximum atomic E-state index is 12.0. The van der Waals surface area contributed by atoms with E-state index < -0.39 is 0 Å². The van der Waals surface area contributed by atoms with Crippen LogP contribution in [0.25, 0.3) is 0 Å². The summed E-state index contributed by atoms with van der Waals surface area (Å²) in [4.78, 5) is 13.9. The zero-order valence-electron chi connectivity index (χ0n) is 13.0. The first-order valence-corrected chi connectivity index (χ1v) is 8.58. The van der Waals surface area contributed by atoms with Crippen LogP contribution in [0.4, 0.5) is 5.69 Å². The van der Waals surface area contributed by atoms with E-state index in [2.05, 4.69) is 52.5 Å². The van der Waals surface area contributed by atoms with Gasteiger partial charge in [0.25, 0.3) is 0 Å². The van der Waals surface area contributed by atoms with Crippen LogP contribution in [0.5, 0.6) is 0 Å². The smallest absolute Gasteiger partial charge is 0.224 e. The Balaban J connectivity index is 1.96. The summed E-state index contributed by atoms with van der Waals surface area (Å²) in [5.74, 6) is 0.103. The number of fused-ring (bicyclic) bond motifs is 1. The summed E-state index contributed by atoms with van der Waals surface area (Å²) in [6, 6.07) is 6.59. The van der Waals surface area contributed by atoms with Crippen LogP contribution in [0.2, 0.25) is 0 Å². The van der Waals surface area contributed by atoms with Gasteiger partial charge in [0.05, 0.1) is 6.04 Å². The highest BCUT2D eigenvalue weighted by atomic mass is 79.9. The van der Waals surface area contributed by atoms with Crippen molar-refractivity contribution in [2.75, 3.05) is 4.90 Å². The van der Waals surface area contributed by atoms with Crippen molar-refractivity contribution < 1.29 is 4.79 Å². The third kappa shape index (κ3) is 2.98. The molecular formula is C18H21BrN2O. The summed E-state index contributed by atoms with van der Waals surface area (Å²) in [5, 5.41) is 3.65. The van der Waals surface area contributed by atoms with Gasteiger partial charge in [-0.15, -0.1) is 0 Å². The molecule has 0 saturated heterocycles. The summed E-state index contributed by atoms with van der Waals surface area (Å²) < 4.78 is 1.05. The summed E-state index contributed by atoms with van der Waals surface area (Å²) >= 11 is 3.56. The second-order valence-corrected chi connectivity index (χ2v) is 6.93. The molecule has 0 bridgehead atoms. The van der Waals surface area contributed by atoms with E-state index in [0.717, 1.165) is 29.4 Å². The van der Waals surface area contributed by atoms with Crippen molar-refractivity contribution in [1.82, 2.24) is 5.32 Å². The molecule has 1 amide bonds.